The van der Waals surface area contributed by atoms with Gasteiger partial charge in [0.05, 0.1) is 24.3 Å². The molecular formula is C17H17ClN4O4. The third kappa shape index (κ3) is 3.92. The zero-order valence-electron chi connectivity index (χ0n) is 14.1. The maximum absolute atomic E-state index is 12.6. The van der Waals surface area contributed by atoms with Crippen molar-refractivity contribution in [1.82, 2.24) is 14.5 Å². The third-order valence-corrected chi connectivity index (χ3v) is 4.19. The van der Waals surface area contributed by atoms with Crippen LogP contribution in [0.5, 0.6) is 0 Å². The Morgan fingerprint density at radius 2 is 1.96 bits per heavy atom. The van der Waals surface area contributed by atoms with Crippen molar-refractivity contribution in [2.24, 2.45) is 7.05 Å². The van der Waals surface area contributed by atoms with E-state index in [9.17, 15) is 14.4 Å². The Bertz CT molecular complexity index is 889. The molecule has 0 radical (unpaired) electrons. The minimum absolute atomic E-state index is 0.0200. The second-order valence-corrected chi connectivity index (χ2v) is 6.17. The standard InChI is InChI=1S/C17H17ClN4O4/c1-21-10-12(16(24)22-4-6-26-7-5-22)8-13(17(21)25)20-15(23)11-2-3-14(18)19-9-11/h2-3,8-10H,4-7H2,1H3,(H,20,23). The van der Waals surface area contributed by atoms with E-state index in [1.807, 2.05) is 0 Å². The minimum atomic E-state index is -0.512. The molecule has 9 heteroatoms. The van der Waals surface area contributed by atoms with Gasteiger partial charge in [-0.2, -0.15) is 0 Å². The van der Waals surface area contributed by atoms with Crippen molar-refractivity contribution in [1.29, 1.82) is 0 Å². The fraction of sp³-hybridized carbons (Fsp3) is 0.294. The summed E-state index contributed by atoms with van der Waals surface area (Å²) in [6.45, 7) is 1.93. The van der Waals surface area contributed by atoms with Crippen LogP contribution in [0.1, 0.15) is 20.7 Å². The van der Waals surface area contributed by atoms with Crippen LogP contribution in [0.2, 0.25) is 5.15 Å². The molecule has 2 aromatic heterocycles. The highest BCUT2D eigenvalue weighted by Crippen LogP contribution is 2.12. The number of pyridine rings is 2. The SMILES string of the molecule is Cn1cc(C(=O)N2CCOCC2)cc(NC(=O)c2ccc(Cl)nc2)c1=O. The van der Waals surface area contributed by atoms with Gasteiger partial charge < -0.3 is 19.5 Å². The van der Waals surface area contributed by atoms with Crippen molar-refractivity contribution < 1.29 is 14.3 Å². The summed E-state index contributed by atoms with van der Waals surface area (Å²) in [5, 5.41) is 2.79. The van der Waals surface area contributed by atoms with E-state index in [4.69, 9.17) is 16.3 Å². The topological polar surface area (TPSA) is 93.5 Å². The monoisotopic (exact) mass is 376 g/mol. The van der Waals surface area contributed by atoms with Crippen LogP contribution in [-0.2, 0) is 11.8 Å². The quantitative estimate of drug-likeness (QED) is 0.811. The third-order valence-electron chi connectivity index (χ3n) is 3.97. The van der Waals surface area contributed by atoms with Crippen molar-refractivity contribution in [3.63, 3.8) is 0 Å². The fourth-order valence-corrected chi connectivity index (χ4v) is 2.68. The number of hydrogen-bond donors (Lipinski definition) is 1. The van der Waals surface area contributed by atoms with Gasteiger partial charge in [-0.05, 0) is 18.2 Å². The molecule has 0 unspecified atom stereocenters. The zero-order valence-corrected chi connectivity index (χ0v) is 14.8. The van der Waals surface area contributed by atoms with E-state index >= 15 is 0 Å². The second kappa shape index (κ2) is 7.67. The van der Waals surface area contributed by atoms with Gasteiger partial charge in [-0.25, -0.2) is 4.98 Å². The van der Waals surface area contributed by atoms with Gasteiger partial charge in [-0.15, -0.1) is 0 Å². The number of halogens is 1. The number of nitrogens with zero attached hydrogens (tertiary/aromatic N) is 3. The first-order chi connectivity index (χ1) is 12.5. The number of morpholine rings is 1. The normalized spacial score (nSPS) is 14.2. The van der Waals surface area contributed by atoms with E-state index in [2.05, 4.69) is 10.3 Å². The van der Waals surface area contributed by atoms with Crippen molar-refractivity contribution in [3.8, 4) is 0 Å². The Balaban J connectivity index is 1.86. The number of anilines is 1. The predicted octanol–water partition coefficient (Wildman–Crippen LogP) is 1.16. The molecule has 1 aliphatic rings. The molecule has 1 aliphatic heterocycles. The van der Waals surface area contributed by atoms with E-state index in [1.54, 1.807) is 4.90 Å². The van der Waals surface area contributed by atoms with Crippen molar-refractivity contribution in [2.45, 2.75) is 0 Å². The van der Waals surface area contributed by atoms with E-state index < -0.39 is 11.5 Å². The van der Waals surface area contributed by atoms with Crippen LogP contribution in [0.25, 0.3) is 0 Å². The van der Waals surface area contributed by atoms with E-state index in [1.165, 1.54) is 42.2 Å². The molecule has 3 rings (SSSR count). The maximum Gasteiger partial charge on any atom is 0.274 e. The first-order valence-corrected chi connectivity index (χ1v) is 8.34. The Hall–Kier alpha value is -2.71. The van der Waals surface area contributed by atoms with Crippen molar-refractivity contribution >= 4 is 29.1 Å². The zero-order chi connectivity index (χ0) is 18.7. The summed E-state index contributed by atoms with van der Waals surface area (Å²) < 4.78 is 6.51. The largest absolute Gasteiger partial charge is 0.378 e. The first-order valence-electron chi connectivity index (χ1n) is 7.96. The lowest BCUT2D eigenvalue weighted by Gasteiger charge is -2.27. The molecule has 0 atom stereocenters. The Morgan fingerprint density at radius 1 is 1.23 bits per heavy atom. The summed E-state index contributed by atoms with van der Waals surface area (Å²) in [5.41, 5.74) is 0.172. The van der Waals surface area contributed by atoms with Crippen LogP contribution in [0.3, 0.4) is 0 Å². The van der Waals surface area contributed by atoms with E-state index in [0.29, 0.717) is 31.9 Å². The molecule has 0 bridgehead atoms. The molecule has 0 aromatic carbocycles. The molecule has 3 heterocycles. The number of aryl methyl sites for hydroxylation is 1. The lowest BCUT2D eigenvalue weighted by Crippen LogP contribution is -2.41. The predicted molar refractivity (Wildman–Crippen MR) is 95.6 cm³/mol. The van der Waals surface area contributed by atoms with Crippen molar-refractivity contribution in [3.05, 3.63) is 57.2 Å². The fourth-order valence-electron chi connectivity index (χ4n) is 2.57. The number of ether oxygens (including phenoxy) is 1. The Labute approximate surface area is 154 Å². The summed E-state index contributed by atoms with van der Waals surface area (Å²) >= 11 is 5.70. The number of aromatic nitrogens is 2. The number of nitrogens with one attached hydrogen (secondary N) is 1. The molecule has 1 fully saturated rings. The minimum Gasteiger partial charge on any atom is -0.378 e. The van der Waals surface area contributed by atoms with E-state index in [-0.39, 0.29) is 22.3 Å². The molecule has 1 N–H and O–H groups in total. The van der Waals surface area contributed by atoms with Crippen LogP contribution < -0.4 is 10.9 Å². The number of amides is 2. The molecule has 0 spiro atoms. The molecule has 2 aromatic rings. The number of rotatable bonds is 3. The second-order valence-electron chi connectivity index (χ2n) is 5.79. The van der Waals surface area contributed by atoms with Crippen LogP contribution in [-0.4, -0.2) is 52.6 Å². The van der Waals surface area contributed by atoms with Crippen molar-refractivity contribution in [2.75, 3.05) is 31.6 Å². The van der Waals surface area contributed by atoms with Gasteiger partial charge in [0.25, 0.3) is 17.4 Å². The van der Waals surface area contributed by atoms with Gasteiger partial charge in [0.1, 0.15) is 10.8 Å². The molecule has 136 valence electrons. The smallest absolute Gasteiger partial charge is 0.274 e. The molecule has 2 amide bonds. The van der Waals surface area contributed by atoms with Gasteiger partial charge in [-0.1, -0.05) is 11.6 Å². The number of carbonyl (C=O) groups is 2. The van der Waals surface area contributed by atoms with Gasteiger partial charge in [0.15, 0.2) is 0 Å². The lowest BCUT2D eigenvalue weighted by molar-refractivity contribution is 0.0302. The number of hydrogen-bond acceptors (Lipinski definition) is 5. The van der Waals surface area contributed by atoms with Gasteiger partial charge >= 0.3 is 0 Å². The summed E-state index contributed by atoms with van der Waals surface area (Å²) in [7, 11) is 1.53. The Morgan fingerprint density at radius 3 is 2.62 bits per heavy atom. The highest BCUT2D eigenvalue weighted by molar-refractivity contribution is 6.29. The van der Waals surface area contributed by atoms with E-state index in [0.717, 1.165) is 0 Å². The van der Waals surface area contributed by atoms with Gasteiger partial charge in [-0.3, -0.25) is 14.4 Å². The summed E-state index contributed by atoms with van der Waals surface area (Å²) in [5.74, 6) is -0.727. The highest BCUT2D eigenvalue weighted by atomic mass is 35.5. The average molecular weight is 377 g/mol. The summed E-state index contributed by atoms with van der Waals surface area (Å²) in [4.78, 5) is 42.7. The van der Waals surface area contributed by atoms with Gasteiger partial charge in [0.2, 0.25) is 0 Å². The van der Waals surface area contributed by atoms with Crippen LogP contribution in [0.4, 0.5) is 5.69 Å². The average Bonchev–Trinajstić information content (AvgIpc) is 2.65. The molecule has 1 saturated heterocycles. The molecule has 8 nitrogen and oxygen atoms in total. The lowest BCUT2D eigenvalue weighted by atomic mass is 10.2. The van der Waals surface area contributed by atoms with Crippen LogP contribution in [0, 0.1) is 0 Å². The molecular weight excluding hydrogens is 360 g/mol. The maximum atomic E-state index is 12.6. The molecule has 26 heavy (non-hydrogen) atoms. The molecule has 0 saturated carbocycles. The Kier molecular flexibility index (Phi) is 5.34. The van der Waals surface area contributed by atoms with Gasteiger partial charge in [0, 0.05) is 32.5 Å². The van der Waals surface area contributed by atoms with Crippen LogP contribution in [0.15, 0.2) is 35.4 Å². The van der Waals surface area contributed by atoms with Crippen LogP contribution >= 0.6 is 11.6 Å². The number of carbonyl (C=O) groups excluding carboxylic acids is 2. The first kappa shape index (κ1) is 18.1. The molecule has 0 aliphatic carbocycles. The summed E-state index contributed by atoms with van der Waals surface area (Å²) in [6, 6.07) is 4.37. The summed E-state index contributed by atoms with van der Waals surface area (Å²) in [6.07, 6.45) is 2.77. The highest BCUT2D eigenvalue weighted by Gasteiger charge is 2.21.